The van der Waals surface area contributed by atoms with Crippen molar-refractivity contribution in [3.8, 4) is 11.8 Å². The summed E-state index contributed by atoms with van der Waals surface area (Å²) in [7, 11) is 3.97. The first kappa shape index (κ1) is 38.6. The number of fused-ring (bicyclic) bond motifs is 1. The highest BCUT2D eigenvalue weighted by Gasteiger charge is 2.19. The lowest BCUT2D eigenvalue weighted by atomic mass is 9.96. The van der Waals surface area contributed by atoms with Gasteiger partial charge in [0.2, 0.25) is 0 Å². The molecule has 42 heavy (non-hydrogen) atoms. The van der Waals surface area contributed by atoms with Crippen molar-refractivity contribution < 1.29 is 5.11 Å². The zero-order valence-electron chi connectivity index (χ0n) is 27.3. The Hall–Kier alpha value is -3.40. The lowest BCUT2D eigenvalue weighted by molar-refractivity contribution is 0.120. The lowest BCUT2D eigenvalue weighted by Crippen LogP contribution is -2.32. The van der Waals surface area contributed by atoms with Crippen molar-refractivity contribution in [2.75, 3.05) is 14.1 Å². The maximum Gasteiger partial charge on any atom is 0.134 e. The minimum absolute atomic E-state index is 0. The Morgan fingerprint density at radius 2 is 1.74 bits per heavy atom. The molecule has 0 saturated carbocycles. The van der Waals surface area contributed by atoms with Crippen molar-refractivity contribution in [2.24, 2.45) is 0 Å². The average Bonchev–Trinajstić information content (AvgIpc) is 3.40. The Morgan fingerprint density at radius 1 is 1.10 bits per heavy atom. The molecule has 6 heteroatoms. The first-order chi connectivity index (χ1) is 19.8. The number of aliphatic hydroxyl groups is 1. The molecule has 1 unspecified atom stereocenters. The van der Waals surface area contributed by atoms with E-state index in [0.29, 0.717) is 0 Å². The minimum Gasteiger partial charge on any atom is -0.382 e. The summed E-state index contributed by atoms with van der Waals surface area (Å²) in [5.41, 5.74) is 7.56. The molecular formula is C36H57N5O. The van der Waals surface area contributed by atoms with E-state index in [1.54, 1.807) is 6.20 Å². The molecule has 0 aliphatic heterocycles. The number of pyridine rings is 2. The molecule has 0 amide bonds. The van der Waals surface area contributed by atoms with Crippen molar-refractivity contribution in [3.63, 3.8) is 0 Å². The van der Waals surface area contributed by atoms with Crippen LogP contribution in [0.5, 0.6) is 0 Å². The predicted molar refractivity (Wildman–Crippen MR) is 183 cm³/mol. The molecular weight excluding hydrogens is 518 g/mol. The summed E-state index contributed by atoms with van der Waals surface area (Å²) in [6.07, 6.45) is 11.3. The average molecular weight is 576 g/mol. The molecule has 3 aromatic rings. The fraction of sp³-hybridized carbons (Fsp3) is 0.500. The molecule has 6 nitrogen and oxygen atoms in total. The second-order valence-electron chi connectivity index (χ2n) is 9.60. The molecule has 3 heterocycles. The summed E-state index contributed by atoms with van der Waals surface area (Å²) in [5, 5.41) is 19.0. The van der Waals surface area contributed by atoms with Gasteiger partial charge < -0.3 is 10.0 Å². The summed E-state index contributed by atoms with van der Waals surface area (Å²) in [4.78, 5) is 6.88. The Bertz CT molecular complexity index is 1320. The number of rotatable bonds is 11. The quantitative estimate of drug-likeness (QED) is 0.177. The van der Waals surface area contributed by atoms with Crippen LogP contribution < -0.4 is 5.32 Å². The van der Waals surface area contributed by atoms with Gasteiger partial charge in [-0.05, 0) is 62.9 Å². The van der Waals surface area contributed by atoms with Crippen molar-refractivity contribution >= 4 is 16.7 Å². The van der Waals surface area contributed by atoms with Crippen LogP contribution in [0, 0.1) is 18.8 Å². The van der Waals surface area contributed by atoms with Gasteiger partial charge in [-0.15, -0.1) is 5.92 Å². The van der Waals surface area contributed by atoms with Gasteiger partial charge in [-0.3, -0.25) is 10.3 Å². The summed E-state index contributed by atoms with van der Waals surface area (Å²) in [6, 6.07) is 8.59. The molecule has 3 rings (SSSR count). The molecule has 3 aromatic heterocycles. The molecule has 1 atom stereocenters. The molecule has 0 saturated heterocycles. The molecule has 0 aliphatic carbocycles. The maximum absolute atomic E-state index is 11.1. The van der Waals surface area contributed by atoms with Crippen LogP contribution in [-0.4, -0.2) is 44.7 Å². The van der Waals surface area contributed by atoms with Gasteiger partial charge in [0.1, 0.15) is 6.23 Å². The second kappa shape index (κ2) is 20.5. The highest BCUT2D eigenvalue weighted by molar-refractivity contribution is 5.84. The number of allylic oxidation sites excluding steroid dienone is 2. The van der Waals surface area contributed by atoms with Crippen molar-refractivity contribution in [1.29, 1.82) is 0 Å². The van der Waals surface area contributed by atoms with Gasteiger partial charge in [0, 0.05) is 49.4 Å². The van der Waals surface area contributed by atoms with Crippen LogP contribution >= 0.6 is 0 Å². The topological polar surface area (TPSA) is 65.7 Å². The fourth-order valence-corrected chi connectivity index (χ4v) is 4.73. The molecule has 0 fully saturated rings. The van der Waals surface area contributed by atoms with Crippen molar-refractivity contribution in [1.82, 2.24) is 24.8 Å². The van der Waals surface area contributed by atoms with E-state index in [9.17, 15) is 5.11 Å². The van der Waals surface area contributed by atoms with E-state index in [4.69, 9.17) is 4.98 Å². The fourth-order valence-electron chi connectivity index (χ4n) is 4.73. The summed E-state index contributed by atoms with van der Waals surface area (Å²) in [5.74, 6) is 6.16. The number of hydrogen-bond acceptors (Lipinski definition) is 5. The van der Waals surface area contributed by atoms with Gasteiger partial charge in [0.05, 0.1) is 23.0 Å². The third kappa shape index (κ3) is 10.5. The number of aryl methyl sites for hydroxylation is 1. The predicted octanol–water partition coefficient (Wildman–Crippen LogP) is 8.65. The Kier molecular flexibility index (Phi) is 18.8. The standard InChI is InChI=1S/C31H41N5O.2C2H6.CH4/c1-8-12-24(21-35(6)7)29-16-15-27(22(5)33-29)26(11-4)23-17-18-36-30(19-23)28(20-32-36)31(37)34-25(13-9-2)14-10-3;2*1-2;/h11,15-21,25,31,34,37H,9-10,13-14H2,1-7H3;2*1-2H3;1H4/b24-21+,26-11-;;;. The zero-order chi connectivity index (χ0) is 30.9. The Labute approximate surface area is 257 Å². The maximum atomic E-state index is 11.1. The van der Waals surface area contributed by atoms with E-state index < -0.39 is 6.23 Å². The Balaban J connectivity index is 0.00000322. The molecule has 2 N–H and O–H groups in total. The van der Waals surface area contributed by atoms with Crippen LogP contribution in [0.15, 0.2) is 48.9 Å². The zero-order valence-corrected chi connectivity index (χ0v) is 27.3. The highest BCUT2D eigenvalue weighted by atomic mass is 16.3. The largest absolute Gasteiger partial charge is 0.382 e. The van der Waals surface area contributed by atoms with E-state index in [1.165, 1.54) is 0 Å². The number of hydrogen-bond donors (Lipinski definition) is 2. The van der Waals surface area contributed by atoms with E-state index in [0.717, 1.165) is 70.4 Å². The van der Waals surface area contributed by atoms with Crippen LogP contribution in [0.1, 0.15) is 123 Å². The molecule has 0 radical (unpaired) electrons. The van der Waals surface area contributed by atoms with Gasteiger partial charge >= 0.3 is 0 Å². The second-order valence-corrected chi connectivity index (χ2v) is 9.60. The molecule has 0 aliphatic rings. The molecule has 0 bridgehead atoms. The van der Waals surface area contributed by atoms with Gasteiger partial charge in [-0.25, -0.2) is 4.52 Å². The highest BCUT2D eigenvalue weighted by Crippen LogP contribution is 2.29. The number of nitrogens with zero attached hydrogens (tertiary/aromatic N) is 4. The SMILES string of the molecule is C.CC.CC.CC#C/C(=C\N(C)C)c1ccc(/C(=C\C)c2ccn3ncc(C(O)NC(CCC)CCC)c3c2)c(C)n1. The van der Waals surface area contributed by atoms with E-state index >= 15 is 0 Å². The van der Waals surface area contributed by atoms with Crippen LogP contribution in [0.3, 0.4) is 0 Å². The van der Waals surface area contributed by atoms with Gasteiger partial charge in [-0.1, -0.05) is 79.9 Å². The van der Waals surface area contributed by atoms with Crippen LogP contribution in [0.2, 0.25) is 0 Å². The number of aromatic nitrogens is 3. The third-order valence-electron chi connectivity index (χ3n) is 6.41. The lowest BCUT2D eigenvalue weighted by Gasteiger charge is -2.21. The molecule has 0 spiro atoms. The van der Waals surface area contributed by atoms with E-state index in [1.807, 2.05) is 90.4 Å². The third-order valence-corrected chi connectivity index (χ3v) is 6.41. The van der Waals surface area contributed by atoms with Crippen LogP contribution in [0.4, 0.5) is 0 Å². The van der Waals surface area contributed by atoms with E-state index in [2.05, 4.69) is 60.4 Å². The summed E-state index contributed by atoms with van der Waals surface area (Å²) in [6.45, 7) is 18.3. The summed E-state index contributed by atoms with van der Waals surface area (Å²) >= 11 is 0. The normalized spacial score (nSPS) is 11.8. The van der Waals surface area contributed by atoms with Crippen molar-refractivity contribution in [3.05, 3.63) is 77.0 Å². The first-order valence-electron chi connectivity index (χ1n) is 15.2. The first-order valence-corrected chi connectivity index (χ1v) is 15.2. The van der Waals surface area contributed by atoms with Crippen LogP contribution in [0.25, 0.3) is 16.7 Å². The van der Waals surface area contributed by atoms with E-state index in [-0.39, 0.29) is 13.5 Å². The van der Waals surface area contributed by atoms with Crippen LogP contribution in [-0.2, 0) is 0 Å². The monoisotopic (exact) mass is 575 g/mol. The molecule has 232 valence electrons. The van der Waals surface area contributed by atoms with Crippen molar-refractivity contribution in [2.45, 2.75) is 108 Å². The number of nitrogens with one attached hydrogen (secondary N) is 1. The van der Waals surface area contributed by atoms with Gasteiger partial charge in [0.15, 0.2) is 0 Å². The molecule has 0 aromatic carbocycles. The minimum atomic E-state index is -0.769. The van der Waals surface area contributed by atoms with Gasteiger partial charge in [0.25, 0.3) is 0 Å². The number of aliphatic hydroxyl groups excluding tert-OH is 1. The Morgan fingerprint density at radius 3 is 2.26 bits per heavy atom. The van der Waals surface area contributed by atoms with Gasteiger partial charge in [-0.2, -0.15) is 5.10 Å². The smallest absolute Gasteiger partial charge is 0.134 e. The summed E-state index contributed by atoms with van der Waals surface area (Å²) < 4.78 is 1.82.